The maximum Gasteiger partial charge on any atom is 0.253 e. The number of nitriles is 1. The third-order valence-electron chi connectivity index (χ3n) is 2.15. The summed E-state index contributed by atoms with van der Waals surface area (Å²) in [6.07, 6.45) is 3.43. The molecule has 1 N–H and O–H groups in total. The predicted octanol–water partition coefficient (Wildman–Crippen LogP) is 1.34. The fourth-order valence-electron chi connectivity index (χ4n) is 1.43. The van der Waals surface area contributed by atoms with Gasteiger partial charge in [-0.25, -0.2) is 0 Å². The molecule has 82 valence electrons. The van der Waals surface area contributed by atoms with Crippen molar-refractivity contribution in [3.05, 3.63) is 52.9 Å². The van der Waals surface area contributed by atoms with E-state index in [-0.39, 0.29) is 23.5 Å². The molecule has 0 atom stereocenters. The first-order valence-electron chi connectivity index (χ1n) is 4.73. The van der Waals surface area contributed by atoms with Crippen LogP contribution in [0.5, 0.6) is 5.88 Å². The van der Waals surface area contributed by atoms with Crippen molar-refractivity contribution in [2.45, 2.75) is 13.0 Å². The highest BCUT2D eigenvalue weighted by atomic mass is 16.3. The SMILES string of the molecule is C=CCc1cc(=O)n(CC=C)c(O)c1C#N. The largest absolute Gasteiger partial charge is 0.493 e. The third kappa shape index (κ3) is 2.04. The van der Waals surface area contributed by atoms with Gasteiger partial charge < -0.3 is 5.11 Å². The normalized spacial score (nSPS) is 9.44. The van der Waals surface area contributed by atoms with Crippen molar-refractivity contribution < 1.29 is 5.11 Å². The van der Waals surface area contributed by atoms with Crippen molar-refractivity contribution in [3.8, 4) is 11.9 Å². The Balaban J connectivity index is 3.50. The molecule has 1 heterocycles. The molecule has 0 saturated carbocycles. The molecular weight excluding hydrogens is 204 g/mol. The van der Waals surface area contributed by atoms with E-state index in [1.54, 1.807) is 6.08 Å². The molecule has 4 heteroatoms. The lowest BCUT2D eigenvalue weighted by Crippen LogP contribution is -2.20. The molecule has 0 aliphatic rings. The summed E-state index contributed by atoms with van der Waals surface area (Å²) in [5, 5.41) is 18.7. The monoisotopic (exact) mass is 216 g/mol. The van der Waals surface area contributed by atoms with Crippen molar-refractivity contribution in [1.29, 1.82) is 5.26 Å². The third-order valence-corrected chi connectivity index (χ3v) is 2.15. The number of hydrogen-bond donors (Lipinski definition) is 1. The second-order valence-electron chi connectivity index (χ2n) is 3.21. The second-order valence-corrected chi connectivity index (χ2v) is 3.21. The van der Waals surface area contributed by atoms with Crippen molar-refractivity contribution in [3.63, 3.8) is 0 Å². The van der Waals surface area contributed by atoms with Crippen LogP contribution in [0.25, 0.3) is 0 Å². The van der Waals surface area contributed by atoms with E-state index in [0.717, 1.165) is 4.57 Å². The Morgan fingerprint density at radius 3 is 2.69 bits per heavy atom. The smallest absolute Gasteiger partial charge is 0.253 e. The summed E-state index contributed by atoms with van der Waals surface area (Å²) in [6, 6.07) is 3.22. The quantitative estimate of drug-likeness (QED) is 0.772. The molecule has 0 spiro atoms. The fraction of sp³-hybridized carbons (Fsp3) is 0.167. The minimum absolute atomic E-state index is 0.112. The molecule has 16 heavy (non-hydrogen) atoms. The minimum Gasteiger partial charge on any atom is -0.493 e. The minimum atomic E-state index is -0.353. The van der Waals surface area contributed by atoms with Gasteiger partial charge in [-0.2, -0.15) is 5.26 Å². The molecule has 1 aromatic rings. The van der Waals surface area contributed by atoms with Gasteiger partial charge in [0.1, 0.15) is 11.6 Å². The van der Waals surface area contributed by atoms with Gasteiger partial charge in [0.15, 0.2) is 0 Å². The van der Waals surface area contributed by atoms with Crippen LogP contribution in [0.2, 0.25) is 0 Å². The summed E-state index contributed by atoms with van der Waals surface area (Å²) in [5.41, 5.74) is 0.245. The molecule has 0 aliphatic carbocycles. The average Bonchev–Trinajstić information content (AvgIpc) is 2.25. The first-order chi connectivity index (χ1) is 7.65. The zero-order valence-electron chi connectivity index (χ0n) is 8.81. The summed E-state index contributed by atoms with van der Waals surface area (Å²) in [7, 11) is 0. The topological polar surface area (TPSA) is 66.0 Å². The van der Waals surface area contributed by atoms with E-state index in [4.69, 9.17) is 5.26 Å². The van der Waals surface area contributed by atoms with Gasteiger partial charge in [-0.15, -0.1) is 13.2 Å². The van der Waals surface area contributed by atoms with Gasteiger partial charge in [0, 0.05) is 12.6 Å². The zero-order chi connectivity index (χ0) is 12.1. The van der Waals surface area contributed by atoms with Crippen LogP contribution < -0.4 is 5.56 Å². The van der Waals surface area contributed by atoms with Crippen LogP contribution in [0.3, 0.4) is 0 Å². The number of rotatable bonds is 4. The maximum atomic E-state index is 11.6. The Bertz CT molecular complexity index is 521. The molecule has 0 aliphatic heterocycles. The highest BCUT2D eigenvalue weighted by molar-refractivity contribution is 5.45. The summed E-state index contributed by atoms with van der Waals surface area (Å²) in [4.78, 5) is 11.6. The molecule has 0 radical (unpaired) electrons. The molecule has 1 aromatic heterocycles. The van der Waals surface area contributed by atoms with Gasteiger partial charge in [-0.3, -0.25) is 9.36 Å². The first-order valence-corrected chi connectivity index (χ1v) is 4.73. The van der Waals surface area contributed by atoms with Crippen molar-refractivity contribution in [2.75, 3.05) is 0 Å². The standard InChI is InChI=1S/C12H12N2O2/c1-3-5-9-7-11(15)14(6-4-2)12(16)10(9)8-13/h3-4,7,16H,1-2,5-6H2. The van der Waals surface area contributed by atoms with Crippen molar-refractivity contribution in [2.24, 2.45) is 0 Å². The summed E-state index contributed by atoms with van der Waals surface area (Å²) < 4.78 is 1.10. The van der Waals surface area contributed by atoms with Gasteiger partial charge in [0.05, 0.1) is 0 Å². The molecule has 0 amide bonds. The van der Waals surface area contributed by atoms with Crippen LogP contribution in [-0.4, -0.2) is 9.67 Å². The van der Waals surface area contributed by atoms with Crippen LogP contribution in [0.1, 0.15) is 11.1 Å². The van der Waals surface area contributed by atoms with Crippen LogP contribution >= 0.6 is 0 Å². The van der Waals surface area contributed by atoms with Gasteiger partial charge in [-0.1, -0.05) is 12.2 Å². The fourth-order valence-corrected chi connectivity index (χ4v) is 1.43. The summed E-state index contributed by atoms with van der Waals surface area (Å²) >= 11 is 0. The Morgan fingerprint density at radius 2 is 2.19 bits per heavy atom. The molecule has 1 rings (SSSR count). The maximum absolute atomic E-state index is 11.6. The van der Waals surface area contributed by atoms with Gasteiger partial charge in [-0.05, 0) is 12.0 Å². The van der Waals surface area contributed by atoms with Gasteiger partial charge in [0.25, 0.3) is 5.56 Å². The second kappa shape index (κ2) is 4.99. The highest BCUT2D eigenvalue weighted by Gasteiger charge is 2.12. The highest BCUT2D eigenvalue weighted by Crippen LogP contribution is 2.18. The van der Waals surface area contributed by atoms with E-state index in [9.17, 15) is 9.90 Å². The zero-order valence-corrected chi connectivity index (χ0v) is 8.81. The first kappa shape index (κ1) is 11.8. The Morgan fingerprint density at radius 1 is 1.50 bits per heavy atom. The Kier molecular flexibility index (Phi) is 3.67. The number of nitrogens with zero attached hydrogens (tertiary/aromatic N) is 2. The van der Waals surface area contributed by atoms with E-state index in [2.05, 4.69) is 13.2 Å². The molecular formula is C12H12N2O2. The molecule has 4 nitrogen and oxygen atoms in total. The van der Waals surface area contributed by atoms with Crippen LogP contribution in [0, 0.1) is 11.3 Å². The average molecular weight is 216 g/mol. The van der Waals surface area contributed by atoms with Crippen molar-refractivity contribution in [1.82, 2.24) is 4.57 Å². The van der Waals surface area contributed by atoms with Crippen LogP contribution in [0.15, 0.2) is 36.2 Å². The van der Waals surface area contributed by atoms with E-state index in [1.165, 1.54) is 12.1 Å². The number of allylic oxidation sites excluding steroid dienone is 2. The molecule has 0 unspecified atom stereocenters. The predicted molar refractivity (Wildman–Crippen MR) is 61.2 cm³/mol. The lowest BCUT2D eigenvalue weighted by atomic mass is 10.1. The molecule has 0 saturated heterocycles. The number of pyridine rings is 1. The van der Waals surface area contributed by atoms with E-state index in [0.29, 0.717) is 12.0 Å². The number of hydrogen-bond acceptors (Lipinski definition) is 3. The lowest BCUT2D eigenvalue weighted by Gasteiger charge is -2.09. The van der Waals surface area contributed by atoms with E-state index >= 15 is 0 Å². The summed E-state index contributed by atoms with van der Waals surface area (Å²) in [6.45, 7) is 7.19. The molecule has 0 bridgehead atoms. The van der Waals surface area contributed by atoms with Crippen LogP contribution in [0.4, 0.5) is 0 Å². The Labute approximate surface area is 93.4 Å². The Hall–Kier alpha value is -2.28. The van der Waals surface area contributed by atoms with Crippen molar-refractivity contribution >= 4 is 0 Å². The van der Waals surface area contributed by atoms with Gasteiger partial charge in [0.2, 0.25) is 5.88 Å². The lowest BCUT2D eigenvalue weighted by molar-refractivity contribution is 0.413. The number of aromatic hydroxyl groups is 1. The van der Waals surface area contributed by atoms with Crippen LogP contribution in [-0.2, 0) is 13.0 Å². The van der Waals surface area contributed by atoms with E-state index in [1.807, 2.05) is 6.07 Å². The number of aromatic nitrogens is 1. The molecule has 0 fully saturated rings. The van der Waals surface area contributed by atoms with Gasteiger partial charge >= 0.3 is 0 Å². The van der Waals surface area contributed by atoms with E-state index < -0.39 is 0 Å². The summed E-state index contributed by atoms with van der Waals surface area (Å²) in [5.74, 6) is -0.313. The molecule has 0 aromatic carbocycles.